The molecule has 94 valence electrons. The highest BCUT2D eigenvalue weighted by Crippen LogP contribution is 2.24. The van der Waals surface area contributed by atoms with Crippen LogP contribution in [0.1, 0.15) is 51.8 Å². The number of hydrogen-bond donors (Lipinski definition) is 0. The maximum Gasteiger partial charge on any atom is 0.206 e. The lowest BCUT2D eigenvalue weighted by molar-refractivity contribution is 0.104. The van der Waals surface area contributed by atoms with Gasteiger partial charge >= 0.3 is 0 Å². The Balaban J connectivity index is 2.48. The van der Waals surface area contributed by atoms with Gasteiger partial charge in [-0.2, -0.15) is 0 Å². The largest absolute Gasteiger partial charge is 0.288 e. The van der Waals surface area contributed by atoms with Crippen LogP contribution in [0.3, 0.4) is 0 Å². The Morgan fingerprint density at radius 3 is 2.67 bits per heavy atom. The van der Waals surface area contributed by atoms with Gasteiger partial charge in [-0.3, -0.25) is 4.79 Å². The van der Waals surface area contributed by atoms with Crippen LogP contribution in [0.25, 0.3) is 0 Å². The summed E-state index contributed by atoms with van der Waals surface area (Å²) in [5.41, 5.74) is 3.63. The number of carbonyl (C=O) groups excluding carboxylic acids is 1. The molecule has 0 radical (unpaired) electrons. The second-order valence-corrected chi connectivity index (χ2v) is 5.54. The van der Waals surface area contributed by atoms with Gasteiger partial charge in [-0.25, -0.2) is 0 Å². The Morgan fingerprint density at radius 2 is 2.00 bits per heavy atom. The fourth-order valence-corrected chi connectivity index (χ4v) is 2.61. The minimum Gasteiger partial charge on any atom is -0.288 e. The molecular weight excluding hydrogens is 244 g/mol. The van der Waals surface area contributed by atoms with Gasteiger partial charge in [-0.05, 0) is 42.9 Å². The van der Waals surface area contributed by atoms with Crippen LogP contribution in [-0.4, -0.2) is 15.4 Å². The summed E-state index contributed by atoms with van der Waals surface area (Å²) >= 11 is 1.18. The molecule has 3 nitrogen and oxygen atoms in total. The van der Waals surface area contributed by atoms with Crippen molar-refractivity contribution >= 4 is 17.3 Å². The van der Waals surface area contributed by atoms with Crippen LogP contribution in [0.5, 0.6) is 0 Å². The number of aromatic nitrogens is 2. The van der Waals surface area contributed by atoms with E-state index in [9.17, 15) is 4.79 Å². The fraction of sp³-hybridized carbons (Fsp3) is 0.357. The summed E-state index contributed by atoms with van der Waals surface area (Å²) in [6.07, 6.45) is 0. The van der Waals surface area contributed by atoms with Gasteiger partial charge in [0.1, 0.15) is 4.88 Å². The van der Waals surface area contributed by atoms with E-state index in [0.29, 0.717) is 4.88 Å². The molecule has 0 saturated carbocycles. The summed E-state index contributed by atoms with van der Waals surface area (Å²) in [6, 6.07) is 5.92. The lowest BCUT2D eigenvalue weighted by atomic mass is 9.98. The highest BCUT2D eigenvalue weighted by Gasteiger charge is 2.21. The van der Waals surface area contributed by atoms with E-state index in [1.165, 1.54) is 11.5 Å². The number of rotatable bonds is 3. The molecule has 2 rings (SSSR count). The number of nitrogens with zero attached hydrogens (tertiary/aromatic N) is 2. The van der Waals surface area contributed by atoms with Crippen LogP contribution in [0.2, 0.25) is 0 Å². The van der Waals surface area contributed by atoms with Gasteiger partial charge in [-0.15, -0.1) is 5.10 Å². The third kappa shape index (κ3) is 2.34. The first-order valence-electron chi connectivity index (χ1n) is 5.95. The third-order valence-electron chi connectivity index (χ3n) is 2.90. The molecule has 4 heteroatoms. The summed E-state index contributed by atoms with van der Waals surface area (Å²) in [7, 11) is 0. The van der Waals surface area contributed by atoms with Crippen molar-refractivity contribution in [2.45, 2.75) is 33.6 Å². The lowest BCUT2D eigenvalue weighted by Crippen LogP contribution is -2.06. The molecule has 1 aromatic carbocycles. The van der Waals surface area contributed by atoms with Crippen LogP contribution >= 0.6 is 11.5 Å². The number of benzene rings is 1. The maximum atomic E-state index is 12.5. The highest BCUT2D eigenvalue weighted by molar-refractivity contribution is 7.08. The monoisotopic (exact) mass is 260 g/mol. The second kappa shape index (κ2) is 4.98. The first-order chi connectivity index (χ1) is 8.50. The molecular formula is C14H16N2OS. The van der Waals surface area contributed by atoms with Crippen molar-refractivity contribution in [2.24, 2.45) is 0 Å². The Morgan fingerprint density at radius 1 is 1.28 bits per heavy atom. The summed E-state index contributed by atoms with van der Waals surface area (Å²) in [5.74, 6) is 0.253. The first kappa shape index (κ1) is 12.9. The van der Waals surface area contributed by atoms with E-state index >= 15 is 0 Å². The smallest absolute Gasteiger partial charge is 0.206 e. The Labute approximate surface area is 111 Å². The quantitative estimate of drug-likeness (QED) is 0.793. The van der Waals surface area contributed by atoms with E-state index in [1.807, 2.05) is 45.9 Å². The molecule has 0 aliphatic carbocycles. The molecule has 2 aromatic rings. The minimum atomic E-state index is 0.0369. The van der Waals surface area contributed by atoms with E-state index in [2.05, 4.69) is 9.59 Å². The Hall–Kier alpha value is -1.55. The van der Waals surface area contributed by atoms with Gasteiger partial charge in [0, 0.05) is 5.56 Å². The molecule has 1 aromatic heterocycles. The Bertz CT molecular complexity index is 587. The van der Waals surface area contributed by atoms with E-state index in [4.69, 9.17) is 0 Å². The van der Waals surface area contributed by atoms with E-state index in [0.717, 1.165) is 22.4 Å². The predicted octanol–water partition coefficient (Wildman–Crippen LogP) is 3.51. The molecule has 0 spiro atoms. The zero-order chi connectivity index (χ0) is 13.3. The average Bonchev–Trinajstić information content (AvgIpc) is 2.80. The highest BCUT2D eigenvalue weighted by atomic mass is 32.1. The Kier molecular flexibility index (Phi) is 3.57. The van der Waals surface area contributed by atoms with Crippen LogP contribution in [0.4, 0.5) is 0 Å². The molecule has 0 bridgehead atoms. The SMILES string of the molecule is Cc1ccc(C)c(C(=O)c2snnc2C(C)C)c1. The number of hydrogen-bond acceptors (Lipinski definition) is 4. The number of ketones is 1. The van der Waals surface area contributed by atoms with Gasteiger partial charge in [-0.1, -0.05) is 36.0 Å². The predicted molar refractivity (Wildman–Crippen MR) is 73.3 cm³/mol. The van der Waals surface area contributed by atoms with Crippen molar-refractivity contribution in [3.63, 3.8) is 0 Å². The van der Waals surface area contributed by atoms with Gasteiger partial charge in [0.25, 0.3) is 0 Å². The zero-order valence-electron chi connectivity index (χ0n) is 11.0. The van der Waals surface area contributed by atoms with Crippen molar-refractivity contribution in [1.29, 1.82) is 0 Å². The first-order valence-corrected chi connectivity index (χ1v) is 6.72. The summed E-state index contributed by atoms with van der Waals surface area (Å²) in [4.78, 5) is 13.2. The molecule has 1 heterocycles. The van der Waals surface area contributed by atoms with Gasteiger partial charge in [0.2, 0.25) is 5.78 Å². The molecule has 18 heavy (non-hydrogen) atoms. The zero-order valence-corrected chi connectivity index (χ0v) is 11.8. The van der Waals surface area contributed by atoms with Crippen LogP contribution < -0.4 is 0 Å². The van der Waals surface area contributed by atoms with Crippen LogP contribution in [0, 0.1) is 13.8 Å². The van der Waals surface area contributed by atoms with Gasteiger partial charge in [0.05, 0.1) is 5.69 Å². The third-order valence-corrected chi connectivity index (χ3v) is 3.64. The molecule has 0 atom stereocenters. The molecule has 0 saturated heterocycles. The number of aryl methyl sites for hydroxylation is 2. The second-order valence-electron chi connectivity index (χ2n) is 4.79. The molecule has 0 aliphatic rings. The minimum absolute atomic E-state index is 0.0369. The van der Waals surface area contributed by atoms with Crippen molar-refractivity contribution < 1.29 is 4.79 Å². The van der Waals surface area contributed by atoms with Crippen molar-refractivity contribution in [3.8, 4) is 0 Å². The summed E-state index contributed by atoms with van der Waals surface area (Å²) < 4.78 is 3.91. The van der Waals surface area contributed by atoms with Crippen LogP contribution in [0.15, 0.2) is 18.2 Å². The van der Waals surface area contributed by atoms with Crippen LogP contribution in [-0.2, 0) is 0 Å². The van der Waals surface area contributed by atoms with Crippen molar-refractivity contribution in [1.82, 2.24) is 9.59 Å². The van der Waals surface area contributed by atoms with Gasteiger partial charge in [0.15, 0.2) is 0 Å². The fourth-order valence-electron chi connectivity index (χ4n) is 1.84. The topological polar surface area (TPSA) is 42.9 Å². The lowest BCUT2D eigenvalue weighted by Gasteiger charge is -2.07. The van der Waals surface area contributed by atoms with Crippen molar-refractivity contribution in [2.75, 3.05) is 0 Å². The van der Waals surface area contributed by atoms with E-state index in [-0.39, 0.29) is 11.7 Å². The van der Waals surface area contributed by atoms with Crippen molar-refractivity contribution in [3.05, 3.63) is 45.5 Å². The standard InChI is InChI=1S/C14H16N2OS/c1-8(2)12-14(18-16-15-12)13(17)11-7-9(3)5-6-10(11)4/h5-8H,1-4H3. The molecule has 0 unspecified atom stereocenters. The normalized spacial score (nSPS) is 10.9. The average molecular weight is 260 g/mol. The molecule has 0 fully saturated rings. The number of carbonyl (C=O) groups is 1. The molecule has 0 aliphatic heterocycles. The van der Waals surface area contributed by atoms with E-state index < -0.39 is 0 Å². The molecule has 0 amide bonds. The maximum absolute atomic E-state index is 12.5. The molecule has 0 N–H and O–H groups in total. The van der Waals surface area contributed by atoms with Gasteiger partial charge < -0.3 is 0 Å². The van der Waals surface area contributed by atoms with E-state index in [1.54, 1.807) is 0 Å². The summed E-state index contributed by atoms with van der Waals surface area (Å²) in [6.45, 7) is 7.99. The summed E-state index contributed by atoms with van der Waals surface area (Å²) in [5, 5.41) is 4.06.